The smallest absolute Gasteiger partial charge is 0.335 e. The zero-order valence-corrected chi connectivity index (χ0v) is 15.7. The molecule has 0 radical (unpaired) electrons. The maximum atomic E-state index is 12.4. The SMILES string of the molecule is Cc1cc(C(=O)O)cc(C(=O)NCCc2nc3ccccc3n2C(C)C)c1. The maximum absolute atomic E-state index is 12.4. The first kappa shape index (κ1) is 18.6. The van der Waals surface area contributed by atoms with Crippen LogP contribution >= 0.6 is 0 Å². The van der Waals surface area contributed by atoms with E-state index in [2.05, 4.69) is 28.7 Å². The molecule has 1 amide bonds. The molecular formula is C21H23N3O3. The van der Waals surface area contributed by atoms with Crippen LogP contribution in [0.2, 0.25) is 0 Å². The summed E-state index contributed by atoms with van der Waals surface area (Å²) in [5.74, 6) is -0.409. The van der Waals surface area contributed by atoms with Gasteiger partial charge in [-0.1, -0.05) is 12.1 Å². The predicted octanol–water partition coefficient (Wildman–Crippen LogP) is 3.60. The number of aromatic carboxylic acids is 1. The minimum atomic E-state index is -1.04. The highest BCUT2D eigenvalue weighted by molar-refractivity contribution is 5.97. The normalized spacial score (nSPS) is 11.1. The number of aromatic nitrogens is 2. The number of aryl methyl sites for hydroxylation is 1. The second-order valence-corrected chi connectivity index (χ2v) is 6.88. The van der Waals surface area contributed by atoms with E-state index in [0.29, 0.717) is 18.5 Å². The molecule has 0 saturated carbocycles. The second kappa shape index (κ2) is 7.61. The van der Waals surface area contributed by atoms with Crippen molar-refractivity contribution in [2.24, 2.45) is 0 Å². The van der Waals surface area contributed by atoms with Gasteiger partial charge in [-0.05, 0) is 56.7 Å². The number of carbonyl (C=O) groups excluding carboxylic acids is 1. The Balaban J connectivity index is 1.73. The lowest BCUT2D eigenvalue weighted by Crippen LogP contribution is -2.27. The van der Waals surface area contributed by atoms with Crippen molar-refractivity contribution in [1.82, 2.24) is 14.9 Å². The largest absolute Gasteiger partial charge is 0.478 e. The van der Waals surface area contributed by atoms with Crippen LogP contribution < -0.4 is 5.32 Å². The maximum Gasteiger partial charge on any atom is 0.335 e. The van der Waals surface area contributed by atoms with E-state index in [9.17, 15) is 9.59 Å². The highest BCUT2D eigenvalue weighted by atomic mass is 16.4. The number of carboxylic acids is 1. The molecular weight excluding hydrogens is 342 g/mol. The molecule has 6 heteroatoms. The van der Waals surface area contributed by atoms with Crippen LogP contribution in [0, 0.1) is 6.92 Å². The Hall–Kier alpha value is -3.15. The molecule has 2 N–H and O–H groups in total. The number of carboxylic acid groups (broad SMARTS) is 1. The van der Waals surface area contributed by atoms with Gasteiger partial charge in [0.15, 0.2) is 0 Å². The Morgan fingerprint density at radius 2 is 1.85 bits per heavy atom. The molecule has 0 atom stereocenters. The Morgan fingerprint density at radius 3 is 2.56 bits per heavy atom. The van der Waals surface area contributed by atoms with Crippen LogP contribution in [0.3, 0.4) is 0 Å². The first-order valence-electron chi connectivity index (χ1n) is 8.96. The Kier molecular flexibility index (Phi) is 5.26. The van der Waals surface area contributed by atoms with Gasteiger partial charge < -0.3 is 15.0 Å². The third-order valence-electron chi connectivity index (χ3n) is 4.41. The molecule has 0 aliphatic heterocycles. The standard InChI is InChI=1S/C21H23N3O3/c1-13(2)24-18-7-5-4-6-17(18)23-19(24)8-9-22-20(25)15-10-14(3)11-16(12-15)21(26)27/h4-7,10-13H,8-9H2,1-3H3,(H,22,25)(H,26,27). The van der Waals surface area contributed by atoms with Gasteiger partial charge in [-0.25, -0.2) is 9.78 Å². The van der Waals surface area contributed by atoms with Gasteiger partial charge in [-0.2, -0.15) is 0 Å². The number of fused-ring (bicyclic) bond motifs is 1. The summed E-state index contributed by atoms with van der Waals surface area (Å²) in [7, 11) is 0. The van der Waals surface area contributed by atoms with Crippen molar-refractivity contribution < 1.29 is 14.7 Å². The molecule has 1 heterocycles. The predicted molar refractivity (Wildman–Crippen MR) is 104 cm³/mol. The summed E-state index contributed by atoms with van der Waals surface area (Å²) in [5, 5.41) is 12.0. The fourth-order valence-electron chi connectivity index (χ4n) is 3.27. The molecule has 3 aromatic rings. The minimum absolute atomic E-state index is 0.113. The van der Waals surface area contributed by atoms with E-state index in [1.54, 1.807) is 19.1 Å². The van der Waals surface area contributed by atoms with Gasteiger partial charge in [0.25, 0.3) is 5.91 Å². The van der Waals surface area contributed by atoms with Crippen molar-refractivity contribution in [3.63, 3.8) is 0 Å². The third-order valence-corrected chi connectivity index (χ3v) is 4.41. The molecule has 0 saturated heterocycles. The van der Waals surface area contributed by atoms with Crippen LogP contribution in [0.1, 0.15) is 52.0 Å². The molecule has 2 aromatic carbocycles. The van der Waals surface area contributed by atoms with Gasteiger partial charge in [-0.3, -0.25) is 4.79 Å². The molecule has 0 spiro atoms. The van der Waals surface area contributed by atoms with E-state index >= 15 is 0 Å². The average molecular weight is 365 g/mol. The molecule has 0 unspecified atom stereocenters. The molecule has 0 aliphatic carbocycles. The van der Waals surface area contributed by atoms with Crippen molar-refractivity contribution in [3.05, 3.63) is 65.0 Å². The Bertz CT molecular complexity index is 1010. The topological polar surface area (TPSA) is 84.2 Å². The monoisotopic (exact) mass is 365 g/mol. The zero-order chi connectivity index (χ0) is 19.6. The van der Waals surface area contributed by atoms with Crippen LogP contribution in [0.4, 0.5) is 0 Å². The molecule has 0 fully saturated rings. The summed E-state index contributed by atoms with van der Waals surface area (Å²) in [5.41, 5.74) is 3.23. The van der Waals surface area contributed by atoms with Crippen LogP contribution in [-0.4, -0.2) is 33.1 Å². The highest BCUT2D eigenvalue weighted by Gasteiger charge is 2.14. The molecule has 0 bridgehead atoms. The highest BCUT2D eigenvalue weighted by Crippen LogP contribution is 2.21. The van der Waals surface area contributed by atoms with Crippen LogP contribution in [-0.2, 0) is 6.42 Å². The van der Waals surface area contributed by atoms with Gasteiger partial charge in [0.05, 0.1) is 16.6 Å². The number of nitrogens with zero attached hydrogens (tertiary/aromatic N) is 2. The number of amides is 1. The Labute approximate surface area is 157 Å². The van der Waals surface area contributed by atoms with Gasteiger partial charge in [0.1, 0.15) is 5.82 Å². The number of para-hydroxylation sites is 2. The molecule has 6 nitrogen and oxygen atoms in total. The minimum Gasteiger partial charge on any atom is -0.478 e. The number of benzene rings is 2. The van der Waals surface area contributed by atoms with E-state index in [0.717, 1.165) is 22.4 Å². The van der Waals surface area contributed by atoms with Crippen molar-refractivity contribution in [2.45, 2.75) is 33.2 Å². The first-order valence-corrected chi connectivity index (χ1v) is 8.96. The molecule has 0 aliphatic rings. The average Bonchev–Trinajstić information content (AvgIpc) is 2.99. The van der Waals surface area contributed by atoms with Gasteiger partial charge in [-0.15, -0.1) is 0 Å². The van der Waals surface area contributed by atoms with Crippen molar-refractivity contribution in [1.29, 1.82) is 0 Å². The van der Waals surface area contributed by atoms with Crippen LogP contribution in [0.5, 0.6) is 0 Å². The van der Waals surface area contributed by atoms with Crippen molar-refractivity contribution >= 4 is 22.9 Å². The number of nitrogens with one attached hydrogen (secondary N) is 1. The fourth-order valence-corrected chi connectivity index (χ4v) is 3.27. The second-order valence-electron chi connectivity index (χ2n) is 6.88. The van der Waals surface area contributed by atoms with E-state index < -0.39 is 5.97 Å². The lowest BCUT2D eigenvalue weighted by molar-refractivity contribution is 0.0696. The number of rotatable bonds is 6. The Morgan fingerprint density at radius 1 is 1.15 bits per heavy atom. The van der Waals surface area contributed by atoms with Crippen molar-refractivity contribution in [3.8, 4) is 0 Å². The number of carbonyl (C=O) groups is 2. The molecule has 27 heavy (non-hydrogen) atoms. The van der Waals surface area contributed by atoms with Gasteiger partial charge in [0.2, 0.25) is 0 Å². The molecule has 140 valence electrons. The summed E-state index contributed by atoms with van der Waals surface area (Å²) in [6, 6.07) is 12.9. The molecule has 1 aromatic heterocycles. The van der Waals surface area contributed by atoms with E-state index in [-0.39, 0.29) is 17.5 Å². The lowest BCUT2D eigenvalue weighted by Gasteiger charge is -2.13. The van der Waals surface area contributed by atoms with Gasteiger partial charge in [0, 0.05) is 24.6 Å². The van der Waals surface area contributed by atoms with E-state index in [4.69, 9.17) is 5.11 Å². The third kappa shape index (κ3) is 4.00. The summed E-state index contributed by atoms with van der Waals surface area (Å²) in [6.07, 6.45) is 0.593. The zero-order valence-electron chi connectivity index (χ0n) is 15.7. The summed E-state index contributed by atoms with van der Waals surface area (Å²) >= 11 is 0. The van der Waals surface area contributed by atoms with Crippen molar-refractivity contribution in [2.75, 3.05) is 6.54 Å². The fraction of sp³-hybridized carbons (Fsp3) is 0.286. The molecule has 3 rings (SSSR count). The summed E-state index contributed by atoms with van der Waals surface area (Å²) < 4.78 is 2.18. The van der Waals surface area contributed by atoms with Crippen LogP contribution in [0.15, 0.2) is 42.5 Å². The first-order chi connectivity index (χ1) is 12.9. The van der Waals surface area contributed by atoms with Crippen LogP contribution in [0.25, 0.3) is 11.0 Å². The summed E-state index contributed by atoms with van der Waals surface area (Å²) in [6.45, 7) is 6.41. The summed E-state index contributed by atoms with van der Waals surface area (Å²) in [4.78, 5) is 28.3. The number of hydrogen-bond donors (Lipinski definition) is 2. The van der Waals surface area contributed by atoms with E-state index in [1.807, 2.05) is 24.3 Å². The number of hydrogen-bond acceptors (Lipinski definition) is 3. The lowest BCUT2D eigenvalue weighted by atomic mass is 10.1. The van der Waals surface area contributed by atoms with E-state index in [1.165, 1.54) is 6.07 Å². The number of imidazole rings is 1. The quantitative estimate of drug-likeness (QED) is 0.699. The van der Waals surface area contributed by atoms with Gasteiger partial charge >= 0.3 is 5.97 Å².